The Morgan fingerprint density at radius 2 is 1.65 bits per heavy atom. The Morgan fingerprint density at radius 3 is 2.42 bits per heavy atom. The van der Waals surface area contributed by atoms with E-state index in [1.165, 1.54) is 7.11 Å². The summed E-state index contributed by atoms with van der Waals surface area (Å²) in [6.07, 6.45) is 0. The van der Waals surface area contributed by atoms with Gasteiger partial charge in [0.25, 0.3) is 5.91 Å². The van der Waals surface area contributed by atoms with Crippen molar-refractivity contribution in [3.63, 3.8) is 0 Å². The molecule has 5 rings (SSSR count). The van der Waals surface area contributed by atoms with Gasteiger partial charge in [-0.25, -0.2) is 4.79 Å². The van der Waals surface area contributed by atoms with Crippen molar-refractivity contribution in [2.75, 3.05) is 7.11 Å². The maximum absolute atomic E-state index is 13.5. The molecule has 0 fully saturated rings. The van der Waals surface area contributed by atoms with E-state index in [2.05, 4.69) is 11.1 Å². The number of carbonyl (C=O) groups excluding carboxylic acids is 2. The molecular weight excluding hydrogens is 388 g/mol. The van der Waals surface area contributed by atoms with Gasteiger partial charge in [-0.1, -0.05) is 66.7 Å². The number of benzene rings is 3. The lowest BCUT2D eigenvalue weighted by atomic mass is 9.93. The zero-order chi connectivity index (χ0) is 21.5. The molecule has 1 aliphatic heterocycles. The molecular formula is C26H22N2O3. The highest BCUT2D eigenvalue weighted by Crippen LogP contribution is 2.46. The summed E-state index contributed by atoms with van der Waals surface area (Å²) in [5.41, 5.74) is 5.45. The second kappa shape index (κ2) is 7.43. The summed E-state index contributed by atoms with van der Waals surface area (Å²) >= 11 is 0. The molecule has 0 aliphatic carbocycles. The fourth-order valence-electron chi connectivity index (χ4n) is 4.59. The van der Waals surface area contributed by atoms with Gasteiger partial charge in [-0.05, 0) is 30.2 Å². The number of carbonyl (C=O) groups is 2. The number of esters is 1. The molecule has 4 aromatic rings. The largest absolute Gasteiger partial charge is 0.467 e. The Kier molecular flexibility index (Phi) is 4.59. The van der Waals surface area contributed by atoms with Crippen molar-refractivity contribution < 1.29 is 14.3 Å². The third-order valence-electron chi connectivity index (χ3n) is 6.04. The number of aromatic nitrogens is 1. The highest BCUT2D eigenvalue weighted by molar-refractivity contribution is 6.03. The summed E-state index contributed by atoms with van der Waals surface area (Å²) in [7, 11) is 1.35. The van der Waals surface area contributed by atoms with Gasteiger partial charge < -0.3 is 14.6 Å². The Morgan fingerprint density at radius 1 is 0.968 bits per heavy atom. The number of nitrogens with zero attached hydrogens (tertiary/aromatic N) is 1. The summed E-state index contributed by atoms with van der Waals surface area (Å²) in [5, 5.41) is 1.03. The molecule has 1 N–H and O–H groups in total. The Balaban J connectivity index is 1.81. The third kappa shape index (κ3) is 2.93. The molecule has 3 aromatic carbocycles. The first-order chi connectivity index (χ1) is 15.1. The fraction of sp³-hybridized carbons (Fsp3) is 0.154. The van der Waals surface area contributed by atoms with Crippen LogP contribution in [0.5, 0.6) is 0 Å². The first-order valence-corrected chi connectivity index (χ1v) is 10.3. The molecule has 0 unspecified atom stereocenters. The van der Waals surface area contributed by atoms with E-state index in [0.29, 0.717) is 5.56 Å². The van der Waals surface area contributed by atoms with Crippen LogP contribution in [0.3, 0.4) is 0 Å². The number of para-hydroxylation sites is 1. The average Bonchev–Trinajstić information content (AvgIpc) is 3.34. The number of methoxy groups -OCH3 is 1. The van der Waals surface area contributed by atoms with Crippen LogP contribution < -0.4 is 0 Å². The number of fused-ring (bicyclic) bond motifs is 2. The highest BCUT2D eigenvalue weighted by atomic mass is 16.5. The van der Waals surface area contributed by atoms with Crippen LogP contribution in [0.4, 0.5) is 0 Å². The Labute approximate surface area is 180 Å². The number of aromatic amines is 1. The topological polar surface area (TPSA) is 62.4 Å². The molecule has 5 heteroatoms. The molecule has 5 nitrogen and oxygen atoms in total. The minimum atomic E-state index is -0.729. The van der Waals surface area contributed by atoms with Crippen LogP contribution in [-0.4, -0.2) is 34.9 Å². The molecule has 154 valence electrons. The second-order valence-corrected chi connectivity index (χ2v) is 7.73. The minimum absolute atomic E-state index is 0.164. The van der Waals surface area contributed by atoms with Gasteiger partial charge in [0.15, 0.2) is 0 Å². The highest BCUT2D eigenvalue weighted by Gasteiger charge is 2.44. The van der Waals surface area contributed by atoms with Gasteiger partial charge in [0, 0.05) is 22.0 Å². The smallest absolute Gasteiger partial charge is 0.328 e. The lowest BCUT2D eigenvalue weighted by Crippen LogP contribution is -2.42. The molecule has 2 heterocycles. The second-order valence-electron chi connectivity index (χ2n) is 7.73. The number of ether oxygens (including phenoxy) is 1. The van der Waals surface area contributed by atoms with Crippen molar-refractivity contribution in [1.29, 1.82) is 0 Å². The molecule has 0 bridgehead atoms. The van der Waals surface area contributed by atoms with Crippen molar-refractivity contribution >= 4 is 22.8 Å². The quantitative estimate of drug-likeness (QED) is 0.485. The van der Waals surface area contributed by atoms with E-state index in [1.807, 2.05) is 72.8 Å². The standard InChI is InChI=1S/C26H22N2O3/c1-16(26(30)31-2)28-24(18-12-6-7-13-19(18)25(28)29)22-20-14-8-9-15-21(20)27-23(22)17-10-4-3-5-11-17/h3-16,24,27H,1-2H3/t16-,24+/m0/s1. The lowest BCUT2D eigenvalue weighted by Gasteiger charge is -2.30. The summed E-state index contributed by atoms with van der Waals surface area (Å²) in [5.74, 6) is -0.602. The zero-order valence-electron chi connectivity index (χ0n) is 17.3. The van der Waals surface area contributed by atoms with Gasteiger partial charge in [0.2, 0.25) is 0 Å². The molecule has 1 amide bonds. The predicted octanol–water partition coefficient (Wildman–Crippen LogP) is 4.94. The van der Waals surface area contributed by atoms with Crippen molar-refractivity contribution in [3.8, 4) is 11.3 Å². The average molecular weight is 410 g/mol. The molecule has 1 aliphatic rings. The van der Waals surface area contributed by atoms with E-state index in [4.69, 9.17) is 4.74 Å². The molecule has 1 aromatic heterocycles. The van der Waals surface area contributed by atoms with E-state index >= 15 is 0 Å². The number of amides is 1. The van der Waals surface area contributed by atoms with Gasteiger partial charge in [-0.15, -0.1) is 0 Å². The van der Waals surface area contributed by atoms with Crippen LogP contribution in [0, 0.1) is 0 Å². The van der Waals surface area contributed by atoms with Crippen LogP contribution in [0.15, 0.2) is 78.9 Å². The molecule has 0 saturated carbocycles. The van der Waals surface area contributed by atoms with Gasteiger partial charge in [0.05, 0.1) is 18.8 Å². The SMILES string of the molecule is COC(=O)[C@H](C)N1C(=O)c2ccccc2[C@@H]1c1c(-c2ccccc2)[nH]c2ccccc12. The number of nitrogens with one attached hydrogen (secondary N) is 1. The zero-order valence-corrected chi connectivity index (χ0v) is 17.3. The van der Waals surface area contributed by atoms with Crippen molar-refractivity contribution in [3.05, 3.63) is 95.6 Å². The molecule has 31 heavy (non-hydrogen) atoms. The van der Waals surface area contributed by atoms with Crippen LogP contribution >= 0.6 is 0 Å². The maximum Gasteiger partial charge on any atom is 0.328 e. The van der Waals surface area contributed by atoms with E-state index in [-0.39, 0.29) is 5.91 Å². The summed E-state index contributed by atoms with van der Waals surface area (Å²) in [6.45, 7) is 1.72. The third-order valence-corrected chi connectivity index (χ3v) is 6.04. The lowest BCUT2D eigenvalue weighted by molar-refractivity contribution is -0.145. The van der Waals surface area contributed by atoms with E-state index in [9.17, 15) is 9.59 Å². The van der Waals surface area contributed by atoms with Crippen LogP contribution in [0.25, 0.3) is 22.2 Å². The summed E-state index contributed by atoms with van der Waals surface area (Å²) in [6, 6.07) is 24.6. The van der Waals surface area contributed by atoms with Crippen molar-refractivity contribution in [1.82, 2.24) is 9.88 Å². The molecule has 2 atom stereocenters. The number of hydrogen-bond donors (Lipinski definition) is 1. The van der Waals surface area contributed by atoms with Crippen molar-refractivity contribution in [2.24, 2.45) is 0 Å². The van der Waals surface area contributed by atoms with E-state index < -0.39 is 18.1 Å². The Hall–Kier alpha value is -3.86. The van der Waals surface area contributed by atoms with E-state index in [1.54, 1.807) is 11.8 Å². The summed E-state index contributed by atoms with van der Waals surface area (Å²) < 4.78 is 5.00. The number of hydrogen-bond acceptors (Lipinski definition) is 3. The first kappa shape index (κ1) is 19.1. The Bertz CT molecular complexity index is 1290. The molecule has 0 saturated heterocycles. The van der Waals surface area contributed by atoms with Crippen LogP contribution in [0.2, 0.25) is 0 Å². The van der Waals surface area contributed by atoms with Gasteiger partial charge in [-0.2, -0.15) is 0 Å². The van der Waals surface area contributed by atoms with Gasteiger partial charge in [-0.3, -0.25) is 4.79 Å². The minimum Gasteiger partial charge on any atom is -0.467 e. The molecule has 0 spiro atoms. The monoisotopic (exact) mass is 410 g/mol. The number of H-pyrrole nitrogens is 1. The van der Waals surface area contributed by atoms with Crippen LogP contribution in [-0.2, 0) is 9.53 Å². The van der Waals surface area contributed by atoms with Gasteiger partial charge >= 0.3 is 5.97 Å². The summed E-state index contributed by atoms with van der Waals surface area (Å²) in [4.78, 5) is 31.2. The maximum atomic E-state index is 13.5. The van der Waals surface area contributed by atoms with Crippen molar-refractivity contribution in [2.45, 2.75) is 19.0 Å². The number of rotatable bonds is 4. The predicted molar refractivity (Wildman–Crippen MR) is 120 cm³/mol. The van der Waals surface area contributed by atoms with E-state index in [0.717, 1.165) is 33.3 Å². The first-order valence-electron chi connectivity index (χ1n) is 10.3. The van der Waals surface area contributed by atoms with Crippen LogP contribution in [0.1, 0.15) is 34.5 Å². The molecule has 0 radical (unpaired) electrons. The fourth-order valence-corrected chi connectivity index (χ4v) is 4.59. The van der Waals surface area contributed by atoms with Gasteiger partial charge in [0.1, 0.15) is 6.04 Å². The normalized spacial score (nSPS) is 16.4.